The Hall–Kier alpha value is -1.14. The van der Waals surface area contributed by atoms with E-state index in [-0.39, 0.29) is 11.4 Å². The van der Waals surface area contributed by atoms with Crippen LogP contribution in [0.3, 0.4) is 0 Å². The molecule has 1 fully saturated rings. The third kappa shape index (κ3) is 2.44. The molecule has 0 unspecified atom stereocenters. The van der Waals surface area contributed by atoms with Crippen LogP contribution in [0.2, 0.25) is 0 Å². The normalized spacial score (nSPS) is 18.0. The Labute approximate surface area is 132 Å². The third-order valence-electron chi connectivity index (χ3n) is 4.76. The second-order valence-electron chi connectivity index (χ2n) is 6.14. The van der Waals surface area contributed by atoms with Crippen LogP contribution in [0.15, 0.2) is 16.6 Å². The summed E-state index contributed by atoms with van der Waals surface area (Å²) in [6, 6.07) is 3.20. The first-order valence-corrected chi connectivity index (χ1v) is 8.00. The number of nitrogens with zero attached hydrogens (tertiary/aromatic N) is 3. The highest BCUT2D eigenvalue weighted by Crippen LogP contribution is 2.37. The maximum absolute atomic E-state index is 13.7. The molecule has 0 radical (unpaired) electrons. The lowest BCUT2D eigenvalue weighted by atomic mass is 9.96. The molecule has 3 rings (SSSR count). The van der Waals surface area contributed by atoms with E-state index in [1.54, 1.807) is 6.07 Å². The molecule has 1 aromatic carbocycles. The maximum atomic E-state index is 13.7. The van der Waals surface area contributed by atoms with Gasteiger partial charge in [0.1, 0.15) is 5.82 Å². The van der Waals surface area contributed by atoms with Crippen LogP contribution in [-0.2, 0) is 6.54 Å². The number of benzene rings is 1. The van der Waals surface area contributed by atoms with Crippen LogP contribution in [-0.4, -0.2) is 34.1 Å². The molecule has 1 aliphatic rings. The Morgan fingerprint density at radius 3 is 2.67 bits per heavy atom. The average Bonchev–Trinajstić information content (AvgIpc) is 2.99. The SMILES string of the molecule is CN(C)C1(Cn2c(N)nc3cc(F)c(Br)cc32)CCCC1. The van der Waals surface area contributed by atoms with Gasteiger partial charge in [-0.2, -0.15) is 0 Å². The third-order valence-corrected chi connectivity index (χ3v) is 5.36. The zero-order chi connectivity index (χ0) is 15.2. The molecular formula is C15H20BrFN4. The van der Waals surface area contributed by atoms with Gasteiger partial charge in [0.05, 0.1) is 15.5 Å². The van der Waals surface area contributed by atoms with Gasteiger partial charge in [-0.25, -0.2) is 9.37 Å². The van der Waals surface area contributed by atoms with Gasteiger partial charge in [0.25, 0.3) is 0 Å². The van der Waals surface area contributed by atoms with E-state index in [4.69, 9.17) is 5.73 Å². The molecule has 0 atom stereocenters. The second-order valence-corrected chi connectivity index (χ2v) is 6.99. The van der Waals surface area contributed by atoms with Gasteiger partial charge in [-0.15, -0.1) is 0 Å². The molecule has 0 saturated heterocycles. The molecule has 2 N–H and O–H groups in total. The lowest BCUT2D eigenvalue weighted by Gasteiger charge is -2.37. The molecule has 4 nitrogen and oxygen atoms in total. The zero-order valence-electron chi connectivity index (χ0n) is 12.4. The average molecular weight is 355 g/mol. The molecular weight excluding hydrogens is 335 g/mol. The van der Waals surface area contributed by atoms with Gasteiger partial charge in [0, 0.05) is 18.2 Å². The molecule has 2 aromatic rings. The number of hydrogen-bond donors (Lipinski definition) is 1. The predicted molar refractivity (Wildman–Crippen MR) is 86.7 cm³/mol. The number of nitrogen functional groups attached to an aromatic ring is 1. The minimum atomic E-state index is -0.310. The Morgan fingerprint density at radius 2 is 2.05 bits per heavy atom. The summed E-state index contributed by atoms with van der Waals surface area (Å²) in [5.41, 5.74) is 7.69. The summed E-state index contributed by atoms with van der Waals surface area (Å²) in [6.07, 6.45) is 4.79. The minimum absolute atomic E-state index is 0.114. The standard InChI is InChI=1S/C15H20BrFN4/c1-20(2)15(5-3-4-6-15)9-21-13-7-10(16)11(17)8-12(13)19-14(21)18/h7-8H,3-6,9H2,1-2H3,(H2,18,19). The Morgan fingerprint density at radius 1 is 1.38 bits per heavy atom. The van der Waals surface area contributed by atoms with Gasteiger partial charge in [0.15, 0.2) is 0 Å². The zero-order valence-corrected chi connectivity index (χ0v) is 14.0. The highest BCUT2D eigenvalue weighted by Gasteiger charge is 2.37. The van der Waals surface area contributed by atoms with Crippen LogP contribution >= 0.6 is 15.9 Å². The minimum Gasteiger partial charge on any atom is -0.369 e. The van der Waals surface area contributed by atoms with Gasteiger partial charge in [0.2, 0.25) is 5.95 Å². The molecule has 1 saturated carbocycles. The number of aromatic nitrogens is 2. The number of anilines is 1. The van der Waals surface area contributed by atoms with Crippen molar-refractivity contribution >= 4 is 32.9 Å². The molecule has 0 bridgehead atoms. The molecule has 114 valence electrons. The van der Waals surface area contributed by atoms with Crippen molar-refractivity contribution < 1.29 is 4.39 Å². The summed E-state index contributed by atoms with van der Waals surface area (Å²) in [5.74, 6) is 0.144. The van der Waals surface area contributed by atoms with Crippen molar-refractivity contribution in [3.05, 3.63) is 22.4 Å². The maximum Gasteiger partial charge on any atom is 0.201 e. The van der Waals surface area contributed by atoms with Gasteiger partial charge in [-0.1, -0.05) is 12.8 Å². The van der Waals surface area contributed by atoms with Crippen LogP contribution in [0.4, 0.5) is 10.3 Å². The van der Waals surface area contributed by atoms with E-state index in [1.165, 1.54) is 18.9 Å². The van der Waals surface area contributed by atoms with Crippen LogP contribution in [0.1, 0.15) is 25.7 Å². The van der Waals surface area contributed by atoms with E-state index in [9.17, 15) is 4.39 Å². The fourth-order valence-electron chi connectivity index (χ4n) is 3.38. The summed E-state index contributed by atoms with van der Waals surface area (Å²) >= 11 is 3.25. The first-order chi connectivity index (χ1) is 9.93. The first kappa shape index (κ1) is 14.8. The van der Waals surface area contributed by atoms with Crippen LogP contribution in [0.25, 0.3) is 11.0 Å². The molecule has 0 aliphatic heterocycles. The van der Waals surface area contributed by atoms with Crippen molar-refractivity contribution in [3.8, 4) is 0 Å². The largest absolute Gasteiger partial charge is 0.369 e. The van der Waals surface area contributed by atoms with E-state index in [2.05, 4.69) is 39.9 Å². The fraction of sp³-hybridized carbons (Fsp3) is 0.533. The molecule has 1 aliphatic carbocycles. The van der Waals surface area contributed by atoms with Crippen LogP contribution < -0.4 is 5.73 Å². The number of imidazole rings is 1. The molecule has 21 heavy (non-hydrogen) atoms. The smallest absolute Gasteiger partial charge is 0.201 e. The van der Waals surface area contributed by atoms with E-state index in [0.717, 1.165) is 24.9 Å². The Balaban J connectivity index is 2.08. The van der Waals surface area contributed by atoms with Gasteiger partial charge < -0.3 is 15.2 Å². The van der Waals surface area contributed by atoms with Crippen molar-refractivity contribution in [2.24, 2.45) is 0 Å². The molecule has 0 spiro atoms. The summed E-state index contributed by atoms with van der Waals surface area (Å²) in [5, 5.41) is 0. The van der Waals surface area contributed by atoms with Crippen LogP contribution in [0.5, 0.6) is 0 Å². The molecule has 6 heteroatoms. The van der Waals surface area contributed by atoms with Crippen molar-refractivity contribution in [2.45, 2.75) is 37.8 Å². The van der Waals surface area contributed by atoms with Gasteiger partial charge in [-0.3, -0.25) is 0 Å². The first-order valence-electron chi connectivity index (χ1n) is 7.21. The number of fused-ring (bicyclic) bond motifs is 1. The highest BCUT2D eigenvalue weighted by molar-refractivity contribution is 9.10. The lowest BCUT2D eigenvalue weighted by molar-refractivity contribution is 0.136. The Kier molecular flexibility index (Phi) is 3.69. The lowest BCUT2D eigenvalue weighted by Crippen LogP contribution is -2.45. The number of rotatable bonds is 3. The summed E-state index contributed by atoms with van der Waals surface area (Å²) in [6.45, 7) is 0.792. The van der Waals surface area contributed by atoms with Crippen LogP contribution in [0, 0.1) is 5.82 Å². The van der Waals surface area contributed by atoms with Crippen molar-refractivity contribution in [1.82, 2.24) is 14.5 Å². The van der Waals surface area contributed by atoms with E-state index in [0.29, 0.717) is 15.9 Å². The van der Waals surface area contributed by atoms with Crippen molar-refractivity contribution in [3.63, 3.8) is 0 Å². The topological polar surface area (TPSA) is 47.1 Å². The monoisotopic (exact) mass is 354 g/mol. The predicted octanol–water partition coefficient (Wildman–Crippen LogP) is 3.39. The fourth-order valence-corrected chi connectivity index (χ4v) is 3.71. The second kappa shape index (κ2) is 5.25. The van der Waals surface area contributed by atoms with E-state index >= 15 is 0 Å². The quantitative estimate of drug-likeness (QED) is 0.918. The summed E-state index contributed by atoms with van der Waals surface area (Å²) in [4.78, 5) is 6.60. The van der Waals surface area contributed by atoms with Gasteiger partial charge in [-0.05, 0) is 48.9 Å². The molecule has 1 aromatic heterocycles. The van der Waals surface area contributed by atoms with E-state index < -0.39 is 0 Å². The number of nitrogens with two attached hydrogens (primary N) is 1. The number of hydrogen-bond acceptors (Lipinski definition) is 3. The number of halogens is 2. The van der Waals surface area contributed by atoms with Crippen molar-refractivity contribution in [2.75, 3.05) is 19.8 Å². The Bertz CT molecular complexity index is 674. The van der Waals surface area contributed by atoms with Gasteiger partial charge >= 0.3 is 0 Å². The summed E-state index contributed by atoms with van der Waals surface area (Å²) < 4.78 is 16.1. The number of likely N-dealkylation sites (N-methyl/N-ethyl adjacent to an activating group) is 1. The molecule has 0 amide bonds. The van der Waals surface area contributed by atoms with Crippen molar-refractivity contribution in [1.29, 1.82) is 0 Å². The molecule has 1 heterocycles. The highest BCUT2D eigenvalue weighted by atomic mass is 79.9. The summed E-state index contributed by atoms with van der Waals surface area (Å²) in [7, 11) is 4.24. The van der Waals surface area contributed by atoms with E-state index in [1.807, 2.05) is 4.57 Å².